The van der Waals surface area contributed by atoms with Crippen molar-refractivity contribution in [2.45, 2.75) is 58.2 Å². The van der Waals surface area contributed by atoms with Crippen LogP contribution in [0.2, 0.25) is 0 Å². The van der Waals surface area contributed by atoms with Crippen molar-refractivity contribution in [3.05, 3.63) is 65.2 Å². The molecule has 27 heavy (non-hydrogen) atoms. The number of benzene rings is 2. The van der Waals surface area contributed by atoms with Gasteiger partial charge in [-0.1, -0.05) is 43.7 Å². The molecule has 1 atom stereocenters. The van der Waals surface area contributed by atoms with Gasteiger partial charge >= 0.3 is 0 Å². The molecule has 0 bridgehead atoms. The molecule has 2 aromatic rings. The van der Waals surface area contributed by atoms with Gasteiger partial charge < -0.3 is 15.4 Å². The van der Waals surface area contributed by atoms with Crippen LogP contribution in [-0.2, 0) is 6.54 Å². The third-order valence-corrected chi connectivity index (χ3v) is 4.94. The lowest BCUT2D eigenvalue weighted by molar-refractivity contribution is 0.0656. The number of fused-ring (bicyclic) bond motifs is 1. The van der Waals surface area contributed by atoms with Gasteiger partial charge in [0.25, 0.3) is 5.91 Å². The molecule has 0 aromatic heterocycles. The molecule has 0 saturated carbocycles. The second-order valence-electron chi connectivity index (χ2n) is 7.85. The lowest BCUT2D eigenvalue weighted by Crippen LogP contribution is -2.39. The lowest BCUT2D eigenvalue weighted by Gasteiger charge is -2.38. The first kappa shape index (κ1) is 19.4. The highest BCUT2D eigenvalue weighted by atomic mass is 16.5. The van der Waals surface area contributed by atoms with Gasteiger partial charge in [0.1, 0.15) is 11.4 Å². The van der Waals surface area contributed by atoms with Crippen LogP contribution in [0.1, 0.15) is 67.6 Å². The molecule has 1 unspecified atom stereocenters. The molecule has 2 N–H and O–H groups in total. The fourth-order valence-electron chi connectivity index (χ4n) is 3.50. The standard InChI is InChI=1S/C23H30N2O2/c1-4-5-13-24-22(26)18-11-12-21-19(14-18)20(15-23(2,3)27-21)25-16-17-9-7-6-8-10-17/h6-12,14,20,25H,4-5,13,15-16H2,1-3H3,(H,24,26). The Balaban J connectivity index is 1.79. The molecule has 0 saturated heterocycles. The normalized spacial score (nSPS) is 17.7. The summed E-state index contributed by atoms with van der Waals surface area (Å²) in [6, 6.07) is 16.3. The van der Waals surface area contributed by atoms with E-state index in [9.17, 15) is 4.79 Å². The quantitative estimate of drug-likeness (QED) is 0.704. The molecule has 0 aliphatic carbocycles. The van der Waals surface area contributed by atoms with Crippen molar-refractivity contribution < 1.29 is 9.53 Å². The van der Waals surface area contributed by atoms with E-state index in [4.69, 9.17) is 4.74 Å². The van der Waals surface area contributed by atoms with Crippen LogP contribution in [0.3, 0.4) is 0 Å². The lowest BCUT2D eigenvalue weighted by atomic mass is 9.88. The number of carbonyl (C=O) groups excluding carboxylic acids is 1. The van der Waals surface area contributed by atoms with Crippen molar-refractivity contribution in [1.29, 1.82) is 0 Å². The Morgan fingerprint density at radius 3 is 2.70 bits per heavy atom. The minimum Gasteiger partial charge on any atom is -0.487 e. The smallest absolute Gasteiger partial charge is 0.251 e. The third-order valence-electron chi connectivity index (χ3n) is 4.94. The van der Waals surface area contributed by atoms with E-state index in [-0.39, 0.29) is 17.6 Å². The van der Waals surface area contributed by atoms with Gasteiger partial charge in [0, 0.05) is 36.7 Å². The summed E-state index contributed by atoms with van der Waals surface area (Å²) in [7, 11) is 0. The van der Waals surface area contributed by atoms with Crippen LogP contribution in [0.5, 0.6) is 5.75 Å². The van der Waals surface area contributed by atoms with E-state index in [0.717, 1.165) is 37.1 Å². The summed E-state index contributed by atoms with van der Waals surface area (Å²) in [5.41, 5.74) is 2.76. The van der Waals surface area contributed by atoms with E-state index in [0.29, 0.717) is 12.1 Å². The average Bonchev–Trinajstić information content (AvgIpc) is 2.66. The van der Waals surface area contributed by atoms with E-state index in [1.165, 1.54) is 5.56 Å². The summed E-state index contributed by atoms with van der Waals surface area (Å²) in [5.74, 6) is 0.847. The fraction of sp³-hybridized carbons (Fsp3) is 0.435. The van der Waals surface area contributed by atoms with Crippen molar-refractivity contribution in [1.82, 2.24) is 10.6 Å². The van der Waals surface area contributed by atoms with Gasteiger partial charge in [0.05, 0.1) is 0 Å². The number of amides is 1. The Hall–Kier alpha value is -2.33. The van der Waals surface area contributed by atoms with Crippen molar-refractivity contribution >= 4 is 5.91 Å². The van der Waals surface area contributed by atoms with E-state index in [1.54, 1.807) is 0 Å². The molecule has 1 aliphatic heterocycles. The van der Waals surface area contributed by atoms with Gasteiger partial charge in [-0.3, -0.25) is 4.79 Å². The van der Waals surface area contributed by atoms with E-state index >= 15 is 0 Å². The van der Waals surface area contributed by atoms with Gasteiger partial charge in [-0.15, -0.1) is 0 Å². The van der Waals surface area contributed by atoms with Gasteiger partial charge in [-0.25, -0.2) is 0 Å². The van der Waals surface area contributed by atoms with Crippen LogP contribution in [0.4, 0.5) is 0 Å². The molecule has 1 amide bonds. The zero-order valence-electron chi connectivity index (χ0n) is 16.5. The van der Waals surface area contributed by atoms with E-state index < -0.39 is 0 Å². The Kier molecular flexibility index (Phi) is 6.17. The minimum absolute atomic E-state index is 0.0158. The zero-order valence-corrected chi connectivity index (χ0v) is 16.5. The van der Waals surface area contributed by atoms with Gasteiger partial charge in [-0.05, 0) is 44.0 Å². The molecule has 3 rings (SSSR count). The summed E-state index contributed by atoms with van der Waals surface area (Å²) < 4.78 is 6.16. The second kappa shape index (κ2) is 8.57. The Morgan fingerprint density at radius 1 is 1.19 bits per heavy atom. The summed E-state index contributed by atoms with van der Waals surface area (Å²) in [6.45, 7) is 7.84. The van der Waals surface area contributed by atoms with Crippen LogP contribution in [0, 0.1) is 0 Å². The van der Waals surface area contributed by atoms with Crippen LogP contribution in [0.25, 0.3) is 0 Å². The number of hydrogen-bond donors (Lipinski definition) is 2. The first-order valence-corrected chi connectivity index (χ1v) is 9.87. The molecule has 0 spiro atoms. The summed E-state index contributed by atoms with van der Waals surface area (Å²) in [6.07, 6.45) is 2.92. The second-order valence-corrected chi connectivity index (χ2v) is 7.85. The monoisotopic (exact) mass is 366 g/mol. The Bertz CT molecular complexity index is 771. The van der Waals surface area contributed by atoms with Gasteiger partial charge in [0.15, 0.2) is 0 Å². The van der Waals surface area contributed by atoms with Crippen LogP contribution >= 0.6 is 0 Å². The van der Waals surface area contributed by atoms with Crippen LogP contribution in [0.15, 0.2) is 48.5 Å². The predicted molar refractivity (Wildman–Crippen MR) is 109 cm³/mol. The van der Waals surface area contributed by atoms with Crippen molar-refractivity contribution in [2.75, 3.05) is 6.54 Å². The SMILES string of the molecule is CCCCNC(=O)c1ccc2c(c1)C(NCc1ccccc1)CC(C)(C)O2. The first-order chi connectivity index (χ1) is 13.0. The van der Waals surface area contributed by atoms with E-state index in [2.05, 4.69) is 55.7 Å². The molecule has 0 radical (unpaired) electrons. The number of unbranched alkanes of at least 4 members (excludes halogenated alkanes) is 1. The maximum atomic E-state index is 12.4. The fourth-order valence-corrected chi connectivity index (χ4v) is 3.50. The highest BCUT2D eigenvalue weighted by molar-refractivity contribution is 5.94. The van der Waals surface area contributed by atoms with Crippen molar-refractivity contribution in [3.8, 4) is 5.75 Å². The molecule has 0 fully saturated rings. The molecular weight excluding hydrogens is 336 g/mol. The Morgan fingerprint density at radius 2 is 1.96 bits per heavy atom. The minimum atomic E-state index is -0.244. The molecule has 144 valence electrons. The highest BCUT2D eigenvalue weighted by Gasteiger charge is 2.34. The maximum Gasteiger partial charge on any atom is 0.251 e. The topological polar surface area (TPSA) is 50.4 Å². The van der Waals surface area contributed by atoms with Crippen LogP contribution < -0.4 is 15.4 Å². The number of ether oxygens (including phenoxy) is 1. The molecule has 4 nitrogen and oxygen atoms in total. The molecule has 4 heteroatoms. The third kappa shape index (κ3) is 5.10. The maximum absolute atomic E-state index is 12.4. The average molecular weight is 367 g/mol. The molecule has 2 aromatic carbocycles. The number of rotatable bonds is 7. The number of carbonyl (C=O) groups is 1. The summed E-state index contributed by atoms with van der Waals surface area (Å²) in [4.78, 5) is 12.4. The van der Waals surface area contributed by atoms with Crippen molar-refractivity contribution in [2.24, 2.45) is 0 Å². The first-order valence-electron chi connectivity index (χ1n) is 9.87. The highest BCUT2D eigenvalue weighted by Crippen LogP contribution is 2.40. The summed E-state index contributed by atoms with van der Waals surface area (Å²) >= 11 is 0. The molecule has 1 aliphatic rings. The van der Waals surface area contributed by atoms with Crippen molar-refractivity contribution in [3.63, 3.8) is 0 Å². The van der Waals surface area contributed by atoms with Crippen LogP contribution in [-0.4, -0.2) is 18.1 Å². The Labute approximate surface area is 162 Å². The predicted octanol–water partition coefficient (Wildman–Crippen LogP) is 4.61. The molecular formula is C23H30N2O2. The molecule has 1 heterocycles. The van der Waals surface area contributed by atoms with Gasteiger partial charge in [-0.2, -0.15) is 0 Å². The van der Waals surface area contributed by atoms with Gasteiger partial charge in [0.2, 0.25) is 0 Å². The largest absolute Gasteiger partial charge is 0.487 e. The number of hydrogen-bond acceptors (Lipinski definition) is 3. The zero-order chi connectivity index (χ0) is 19.3. The van der Waals surface area contributed by atoms with E-state index in [1.807, 2.05) is 24.3 Å². The summed E-state index contributed by atoms with van der Waals surface area (Å²) in [5, 5.41) is 6.65. The number of nitrogens with one attached hydrogen (secondary N) is 2.